The van der Waals surface area contributed by atoms with Crippen molar-refractivity contribution in [3.8, 4) is 0 Å². The minimum absolute atomic E-state index is 0.106. The molecule has 136 valence electrons. The number of halogens is 1. The van der Waals surface area contributed by atoms with Gasteiger partial charge in [-0.1, -0.05) is 12.1 Å². The van der Waals surface area contributed by atoms with Crippen LogP contribution < -0.4 is 0 Å². The number of carbonyl (C=O) groups excluding carboxylic acids is 2. The number of hydrogen-bond acceptors (Lipinski definition) is 5. The molecule has 2 unspecified atom stereocenters. The summed E-state index contributed by atoms with van der Waals surface area (Å²) in [4.78, 5) is 37.1. The van der Waals surface area contributed by atoms with Crippen LogP contribution in [0.3, 0.4) is 0 Å². The molecule has 3 heterocycles. The van der Waals surface area contributed by atoms with E-state index in [9.17, 15) is 14.0 Å². The van der Waals surface area contributed by atoms with E-state index in [1.807, 2.05) is 29.8 Å². The number of imide groups is 1. The smallest absolute Gasteiger partial charge is 0.315 e. The number of rotatable bonds is 3. The zero-order valence-corrected chi connectivity index (χ0v) is 14.9. The first-order chi connectivity index (χ1) is 12.4. The van der Waals surface area contributed by atoms with Crippen molar-refractivity contribution in [2.75, 3.05) is 13.6 Å². The summed E-state index contributed by atoms with van der Waals surface area (Å²) in [5, 5.41) is 0. The number of benzene rings is 1. The summed E-state index contributed by atoms with van der Waals surface area (Å²) in [6, 6.07) is 4.84. The number of fused-ring (bicyclic) bond motifs is 3. The summed E-state index contributed by atoms with van der Waals surface area (Å²) in [5.41, 5.74) is 1.71. The lowest BCUT2D eigenvalue weighted by molar-refractivity contribution is -0.137. The van der Waals surface area contributed by atoms with Gasteiger partial charge in [0.05, 0.1) is 6.54 Å². The van der Waals surface area contributed by atoms with Crippen LogP contribution >= 0.6 is 0 Å². The molecule has 2 atom stereocenters. The van der Waals surface area contributed by atoms with Crippen LogP contribution in [0.1, 0.15) is 19.4 Å². The Morgan fingerprint density at radius 2 is 1.85 bits per heavy atom. The molecule has 3 aliphatic heterocycles. The third-order valence-corrected chi connectivity index (χ3v) is 5.07. The van der Waals surface area contributed by atoms with E-state index in [4.69, 9.17) is 0 Å². The maximum Gasteiger partial charge on any atom is 0.328 e. The number of nitrogens with zero attached hydrogens (tertiary/aromatic N) is 5. The summed E-state index contributed by atoms with van der Waals surface area (Å²) in [6.45, 7) is 4.83. The molecule has 8 heteroatoms. The van der Waals surface area contributed by atoms with Crippen LogP contribution in [0.2, 0.25) is 0 Å². The van der Waals surface area contributed by atoms with Crippen molar-refractivity contribution in [1.82, 2.24) is 19.6 Å². The molecule has 3 amide bonds. The molecule has 0 aromatic heterocycles. The van der Waals surface area contributed by atoms with Crippen LogP contribution in [0.5, 0.6) is 0 Å². The highest BCUT2D eigenvalue weighted by molar-refractivity contribution is 6.04. The second kappa shape index (κ2) is 5.82. The zero-order chi connectivity index (χ0) is 18.6. The van der Waals surface area contributed by atoms with Crippen LogP contribution in [-0.4, -0.2) is 63.3 Å². The summed E-state index contributed by atoms with van der Waals surface area (Å²) in [5.74, 6) is 0.0632. The highest BCUT2D eigenvalue weighted by Crippen LogP contribution is 2.34. The molecule has 4 rings (SSSR count). The van der Waals surface area contributed by atoms with E-state index in [1.54, 1.807) is 19.2 Å². The van der Waals surface area contributed by atoms with E-state index < -0.39 is 18.2 Å². The van der Waals surface area contributed by atoms with Crippen molar-refractivity contribution < 1.29 is 14.0 Å². The first-order valence-corrected chi connectivity index (χ1v) is 8.57. The predicted molar refractivity (Wildman–Crippen MR) is 93.1 cm³/mol. The summed E-state index contributed by atoms with van der Waals surface area (Å²) in [7, 11) is 1.66. The quantitative estimate of drug-likeness (QED) is 0.827. The van der Waals surface area contributed by atoms with Gasteiger partial charge in [-0.25, -0.2) is 14.2 Å². The summed E-state index contributed by atoms with van der Waals surface area (Å²) < 4.78 is 13.1. The maximum absolute atomic E-state index is 13.1. The van der Waals surface area contributed by atoms with Crippen molar-refractivity contribution in [2.45, 2.75) is 32.6 Å². The maximum atomic E-state index is 13.1. The fraction of sp³-hybridized carbons (Fsp3) is 0.389. The van der Waals surface area contributed by atoms with Gasteiger partial charge in [0.1, 0.15) is 5.82 Å². The van der Waals surface area contributed by atoms with E-state index in [2.05, 4.69) is 4.99 Å². The molecule has 0 aliphatic carbocycles. The molecular weight excluding hydrogens is 337 g/mol. The number of guanidine groups is 1. The van der Waals surface area contributed by atoms with E-state index in [0.29, 0.717) is 11.5 Å². The number of aliphatic imine (C=N–C) groups is 1. The van der Waals surface area contributed by atoms with Gasteiger partial charge in [0.2, 0.25) is 5.96 Å². The number of carbonyl (C=O) groups is 2. The monoisotopic (exact) mass is 357 g/mol. The molecular formula is C18H20FN5O2. The largest absolute Gasteiger partial charge is 0.328 e. The lowest BCUT2D eigenvalue weighted by atomic mass is 10.1. The van der Waals surface area contributed by atoms with Crippen molar-refractivity contribution in [1.29, 1.82) is 0 Å². The van der Waals surface area contributed by atoms with Crippen molar-refractivity contribution in [2.24, 2.45) is 4.99 Å². The fourth-order valence-corrected chi connectivity index (χ4v) is 3.71. The second-order valence-electron chi connectivity index (χ2n) is 6.65. The first-order valence-electron chi connectivity index (χ1n) is 8.57. The van der Waals surface area contributed by atoms with Crippen molar-refractivity contribution >= 4 is 17.9 Å². The SMILES string of the molecule is CCN1C(C)=CN2C1=NC1C2C(=O)N(Cc2ccc(F)cc2)C(=O)N1C. The van der Waals surface area contributed by atoms with Gasteiger partial charge in [0.25, 0.3) is 5.91 Å². The summed E-state index contributed by atoms with van der Waals surface area (Å²) >= 11 is 0. The van der Waals surface area contributed by atoms with Gasteiger partial charge in [-0.05, 0) is 31.5 Å². The minimum atomic E-state index is -0.570. The average molecular weight is 357 g/mol. The van der Waals surface area contributed by atoms with Gasteiger partial charge >= 0.3 is 6.03 Å². The Kier molecular flexibility index (Phi) is 3.71. The van der Waals surface area contributed by atoms with Crippen molar-refractivity contribution in [3.05, 3.63) is 47.5 Å². The van der Waals surface area contributed by atoms with Gasteiger partial charge in [-0.15, -0.1) is 0 Å². The van der Waals surface area contributed by atoms with Gasteiger partial charge in [-0.3, -0.25) is 9.69 Å². The molecule has 1 fully saturated rings. The highest BCUT2D eigenvalue weighted by Gasteiger charge is 2.53. The van der Waals surface area contributed by atoms with Gasteiger partial charge < -0.3 is 14.7 Å². The lowest BCUT2D eigenvalue weighted by Crippen LogP contribution is -2.63. The molecule has 1 aromatic carbocycles. The number of urea groups is 1. The highest BCUT2D eigenvalue weighted by atomic mass is 19.1. The first kappa shape index (κ1) is 16.6. The Balaban J connectivity index is 1.64. The normalized spacial score (nSPS) is 24.8. The molecule has 7 nitrogen and oxygen atoms in total. The van der Waals surface area contributed by atoms with Crippen LogP contribution in [0.4, 0.5) is 9.18 Å². The Morgan fingerprint density at radius 3 is 2.50 bits per heavy atom. The zero-order valence-electron chi connectivity index (χ0n) is 14.9. The third kappa shape index (κ3) is 2.28. The van der Waals surface area contributed by atoms with Crippen LogP contribution in [0.15, 0.2) is 41.2 Å². The van der Waals surface area contributed by atoms with E-state index in [0.717, 1.165) is 12.2 Å². The molecule has 1 aromatic rings. The summed E-state index contributed by atoms with van der Waals surface area (Å²) in [6.07, 6.45) is 1.37. The Morgan fingerprint density at radius 1 is 1.15 bits per heavy atom. The molecule has 1 saturated heterocycles. The van der Waals surface area contributed by atoms with Crippen LogP contribution in [0, 0.1) is 5.82 Å². The number of allylic oxidation sites excluding steroid dienone is 1. The topological polar surface area (TPSA) is 59.5 Å². The lowest BCUT2D eigenvalue weighted by Gasteiger charge is -2.40. The Labute approximate surface area is 151 Å². The van der Waals surface area contributed by atoms with E-state index in [-0.39, 0.29) is 18.3 Å². The minimum Gasteiger partial charge on any atom is -0.315 e. The molecule has 26 heavy (non-hydrogen) atoms. The van der Waals surface area contributed by atoms with E-state index in [1.165, 1.54) is 21.9 Å². The standard InChI is InChI=1S/C18H20FN5O2/c1-4-22-11(2)9-23-14-15(20-17(22)23)21(3)18(26)24(16(14)25)10-12-5-7-13(19)8-6-12/h5-9,14-15H,4,10H2,1-3H3. The number of hydrogen-bond donors (Lipinski definition) is 0. The molecule has 0 bridgehead atoms. The molecule has 0 spiro atoms. The second-order valence-corrected chi connectivity index (χ2v) is 6.65. The van der Waals surface area contributed by atoms with Crippen molar-refractivity contribution in [3.63, 3.8) is 0 Å². The van der Waals surface area contributed by atoms with Gasteiger partial charge in [0, 0.05) is 25.5 Å². The number of likely N-dealkylation sites (N-methyl/N-ethyl adjacent to an activating group) is 1. The average Bonchev–Trinajstić information content (AvgIpc) is 3.12. The van der Waals surface area contributed by atoms with Crippen LogP contribution in [-0.2, 0) is 11.3 Å². The number of amides is 3. The molecule has 0 N–H and O–H groups in total. The Bertz CT molecular complexity index is 834. The molecule has 0 radical (unpaired) electrons. The van der Waals surface area contributed by atoms with E-state index >= 15 is 0 Å². The Hall–Kier alpha value is -2.90. The van der Waals surface area contributed by atoms with Gasteiger partial charge in [-0.2, -0.15) is 0 Å². The van der Waals surface area contributed by atoms with Gasteiger partial charge in [0.15, 0.2) is 12.2 Å². The predicted octanol–water partition coefficient (Wildman–Crippen LogP) is 1.78. The molecule has 0 saturated carbocycles. The van der Waals surface area contributed by atoms with Crippen LogP contribution in [0.25, 0.3) is 0 Å². The molecule has 3 aliphatic rings. The third-order valence-electron chi connectivity index (χ3n) is 5.07. The fourth-order valence-electron chi connectivity index (χ4n) is 3.71.